The number of hydrogen-bond donors (Lipinski definition) is 2. The van der Waals surface area contributed by atoms with Crippen molar-refractivity contribution in [1.82, 2.24) is 10.3 Å². The summed E-state index contributed by atoms with van der Waals surface area (Å²) in [7, 11) is -3.14. The van der Waals surface area contributed by atoms with E-state index >= 15 is 0 Å². The van der Waals surface area contributed by atoms with Crippen LogP contribution in [0.15, 0.2) is 12.3 Å². The molecule has 0 aliphatic carbocycles. The van der Waals surface area contributed by atoms with Gasteiger partial charge in [-0.1, -0.05) is 6.58 Å². The Labute approximate surface area is 55.0 Å². The van der Waals surface area contributed by atoms with E-state index in [1.54, 1.807) is 6.92 Å². The van der Waals surface area contributed by atoms with Crippen LogP contribution in [0.3, 0.4) is 0 Å². The van der Waals surface area contributed by atoms with Crippen molar-refractivity contribution >= 4 is 10.0 Å². The van der Waals surface area contributed by atoms with Gasteiger partial charge in [-0.25, -0.2) is 8.42 Å². The molecule has 0 atom stereocenters. The van der Waals surface area contributed by atoms with E-state index in [9.17, 15) is 8.42 Å². The maximum atomic E-state index is 10.3. The topological polar surface area (TPSA) is 58.2 Å². The van der Waals surface area contributed by atoms with Gasteiger partial charge in [0.15, 0.2) is 0 Å². The number of hydrazine groups is 1. The Kier molecular flexibility index (Phi) is 2.66. The summed E-state index contributed by atoms with van der Waals surface area (Å²) in [6.45, 7) is 5.07. The second kappa shape index (κ2) is 2.84. The molecule has 0 rings (SSSR count). The van der Waals surface area contributed by atoms with Crippen LogP contribution in [0.25, 0.3) is 0 Å². The lowest BCUT2D eigenvalue weighted by Gasteiger charge is -2.02. The van der Waals surface area contributed by atoms with Crippen LogP contribution in [0.5, 0.6) is 0 Å². The Morgan fingerprint density at radius 3 is 2.11 bits per heavy atom. The van der Waals surface area contributed by atoms with E-state index in [0.29, 0.717) is 5.70 Å². The van der Waals surface area contributed by atoms with Gasteiger partial charge >= 0.3 is 0 Å². The Morgan fingerprint density at radius 2 is 2.00 bits per heavy atom. The first-order valence-corrected chi connectivity index (χ1v) is 4.19. The van der Waals surface area contributed by atoms with Gasteiger partial charge < -0.3 is 5.43 Å². The van der Waals surface area contributed by atoms with Crippen molar-refractivity contribution in [2.45, 2.75) is 6.92 Å². The molecule has 54 valence electrons. The number of allylic oxidation sites excluding steroid dienone is 1. The van der Waals surface area contributed by atoms with Crippen molar-refractivity contribution < 1.29 is 8.42 Å². The molecule has 0 bridgehead atoms. The van der Waals surface area contributed by atoms with Gasteiger partial charge in [0.25, 0.3) is 0 Å². The fourth-order valence-electron chi connectivity index (χ4n) is 0.180. The van der Waals surface area contributed by atoms with Crippen LogP contribution in [0.2, 0.25) is 0 Å². The second-order valence-corrected chi connectivity index (χ2v) is 3.53. The normalized spacial score (nSPS) is 10.9. The summed E-state index contributed by atoms with van der Waals surface area (Å²) in [5.74, 6) is 0. The quantitative estimate of drug-likeness (QED) is 0.537. The Morgan fingerprint density at radius 1 is 1.56 bits per heavy atom. The molecule has 0 saturated heterocycles. The summed E-state index contributed by atoms with van der Waals surface area (Å²) in [4.78, 5) is 2.04. The van der Waals surface area contributed by atoms with Gasteiger partial charge in [0.05, 0.1) is 6.26 Å². The monoisotopic (exact) mass is 150 g/mol. The summed E-state index contributed by atoms with van der Waals surface area (Å²) in [5, 5.41) is 0. The minimum Gasteiger partial charge on any atom is -0.313 e. The molecule has 0 amide bonds. The molecule has 0 spiro atoms. The van der Waals surface area contributed by atoms with Crippen LogP contribution >= 0.6 is 0 Å². The Balaban J connectivity index is 3.67. The smallest absolute Gasteiger partial charge is 0.225 e. The minimum atomic E-state index is -3.14. The fourth-order valence-corrected chi connectivity index (χ4v) is 0.539. The van der Waals surface area contributed by atoms with E-state index in [4.69, 9.17) is 0 Å². The van der Waals surface area contributed by atoms with Crippen molar-refractivity contribution in [3.63, 3.8) is 0 Å². The molecule has 0 saturated carbocycles. The standard InChI is InChI=1S/C4H10N2O2S/c1-4(2)5-6-9(3,7)8/h5-6H,1H2,2-3H3. The number of hydrogen-bond acceptors (Lipinski definition) is 3. The van der Waals surface area contributed by atoms with E-state index < -0.39 is 10.0 Å². The molecule has 0 fully saturated rings. The zero-order valence-corrected chi connectivity index (χ0v) is 6.25. The molecule has 0 radical (unpaired) electrons. The SMILES string of the molecule is C=C(C)NNS(C)(=O)=O. The molecule has 5 heteroatoms. The van der Waals surface area contributed by atoms with E-state index in [1.807, 2.05) is 4.83 Å². The lowest BCUT2D eigenvalue weighted by atomic mass is 10.6. The number of nitrogens with one attached hydrogen (secondary N) is 2. The van der Waals surface area contributed by atoms with Gasteiger partial charge in [0, 0.05) is 5.70 Å². The lowest BCUT2D eigenvalue weighted by Crippen LogP contribution is -2.34. The molecule has 0 aromatic carbocycles. The summed E-state index contributed by atoms with van der Waals surface area (Å²) in [6.07, 6.45) is 1.06. The van der Waals surface area contributed by atoms with Crippen LogP contribution in [-0.4, -0.2) is 14.7 Å². The summed E-state index contributed by atoms with van der Waals surface area (Å²) < 4.78 is 20.6. The third-order valence-electron chi connectivity index (χ3n) is 0.450. The summed E-state index contributed by atoms with van der Waals surface area (Å²) in [5.41, 5.74) is 2.91. The molecular formula is C4H10N2O2S. The maximum absolute atomic E-state index is 10.3. The van der Waals surface area contributed by atoms with Crippen molar-refractivity contribution in [3.05, 3.63) is 12.3 Å². The third-order valence-corrected chi connectivity index (χ3v) is 0.923. The van der Waals surface area contributed by atoms with Crippen molar-refractivity contribution in [1.29, 1.82) is 0 Å². The van der Waals surface area contributed by atoms with Crippen LogP contribution in [0, 0.1) is 0 Å². The van der Waals surface area contributed by atoms with Crippen molar-refractivity contribution in [2.75, 3.05) is 6.26 Å². The molecular weight excluding hydrogens is 140 g/mol. The Hall–Kier alpha value is -0.550. The molecule has 0 heterocycles. The van der Waals surface area contributed by atoms with E-state index in [1.165, 1.54) is 0 Å². The average molecular weight is 150 g/mol. The molecule has 0 aliphatic rings. The van der Waals surface area contributed by atoms with Gasteiger partial charge in [0.1, 0.15) is 0 Å². The zero-order valence-electron chi connectivity index (χ0n) is 5.43. The van der Waals surface area contributed by atoms with Crippen molar-refractivity contribution in [2.24, 2.45) is 0 Å². The molecule has 4 nitrogen and oxygen atoms in total. The lowest BCUT2D eigenvalue weighted by molar-refractivity contribution is 0.577. The summed E-state index contributed by atoms with van der Waals surface area (Å²) in [6, 6.07) is 0. The average Bonchev–Trinajstić information content (AvgIpc) is 1.59. The highest BCUT2D eigenvalue weighted by Crippen LogP contribution is 1.75. The van der Waals surface area contributed by atoms with E-state index in [0.717, 1.165) is 6.26 Å². The van der Waals surface area contributed by atoms with Crippen LogP contribution in [0.1, 0.15) is 6.92 Å². The largest absolute Gasteiger partial charge is 0.313 e. The highest BCUT2D eigenvalue weighted by atomic mass is 32.2. The van der Waals surface area contributed by atoms with E-state index in [-0.39, 0.29) is 0 Å². The molecule has 0 aliphatic heterocycles. The minimum absolute atomic E-state index is 0.556. The van der Waals surface area contributed by atoms with Gasteiger partial charge in [0.2, 0.25) is 10.0 Å². The number of sulfonamides is 1. The zero-order chi connectivity index (χ0) is 7.49. The fraction of sp³-hybridized carbons (Fsp3) is 0.500. The number of rotatable bonds is 3. The summed E-state index contributed by atoms with van der Waals surface area (Å²) >= 11 is 0. The first-order chi connectivity index (χ1) is 3.92. The second-order valence-electron chi connectivity index (χ2n) is 1.78. The van der Waals surface area contributed by atoms with Crippen LogP contribution < -0.4 is 10.3 Å². The highest BCUT2D eigenvalue weighted by Gasteiger charge is 1.95. The first-order valence-electron chi connectivity index (χ1n) is 2.30. The predicted octanol–water partition coefficient (Wildman–Crippen LogP) is -0.426. The Bertz CT molecular complexity index is 195. The van der Waals surface area contributed by atoms with E-state index in [2.05, 4.69) is 12.0 Å². The highest BCUT2D eigenvalue weighted by molar-refractivity contribution is 7.88. The predicted molar refractivity (Wildman–Crippen MR) is 35.9 cm³/mol. The van der Waals surface area contributed by atoms with Crippen molar-refractivity contribution in [3.8, 4) is 0 Å². The maximum Gasteiger partial charge on any atom is 0.225 e. The molecule has 2 N–H and O–H groups in total. The van der Waals surface area contributed by atoms with Crippen LogP contribution in [0.4, 0.5) is 0 Å². The third kappa shape index (κ3) is 7.45. The van der Waals surface area contributed by atoms with Crippen LogP contribution in [-0.2, 0) is 10.0 Å². The van der Waals surface area contributed by atoms with Gasteiger partial charge in [-0.3, -0.25) is 0 Å². The van der Waals surface area contributed by atoms with Gasteiger partial charge in [-0.05, 0) is 6.92 Å². The molecule has 0 unspecified atom stereocenters. The molecule has 0 aromatic heterocycles. The molecule has 9 heavy (non-hydrogen) atoms. The van der Waals surface area contributed by atoms with Gasteiger partial charge in [-0.2, -0.15) is 0 Å². The first kappa shape index (κ1) is 8.45. The molecule has 0 aromatic rings. The van der Waals surface area contributed by atoms with Gasteiger partial charge in [-0.15, -0.1) is 4.83 Å².